The second-order valence-electron chi connectivity index (χ2n) is 3.97. The molecular weight excluding hydrogens is 266 g/mol. The van der Waals surface area contributed by atoms with Gasteiger partial charge in [-0.15, -0.1) is 11.8 Å². The first kappa shape index (κ1) is 13.5. The molecule has 0 aliphatic heterocycles. The third-order valence-corrected chi connectivity index (χ3v) is 3.65. The molecule has 0 saturated heterocycles. The van der Waals surface area contributed by atoms with E-state index in [-0.39, 0.29) is 10.7 Å². The Kier molecular flexibility index (Phi) is 4.16. The summed E-state index contributed by atoms with van der Waals surface area (Å²) in [5, 5.41) is 7.28. The topological polar surface area (TPSA) is 49.9 Å². The highest BCUT2D eigenvalue weighted by atomic mass is 32.2. The number of benzene rings is 2. The fourth-order valence-corrected chi connectivity index (χ4v) is 2.45. The van der Waals surface area contributed by atoms with Crippen molar-refractivity contribution in [1.29, 1.82) is 5.41 Å². The van der Waals surface area contributed by atoms with E-state index in [0.29, 0.717) is 11.3 Å². The molecule has 0 heterocycles. The monoisotopic (exact) mass is 278 g/mol. The van der Waals surface area contributed by atoms with Gasteiger partial charge in [-0.05, 0) is 23.8 Å². The van der Waals surface area contributed by atoms with Crippen molar-refractivity contribution in [3.63, 3.8) is 0 Å². The van der Waals surface area contributed by atoms with E-state index < -0.39 is 11.6 Å². The lowest BCUT2D eigenvalue weighted by atomic mass is 10.1. The Balaban J connectivity index is 2.06. The SMILES string of the molecule is N=C(N)c1ccc(CSc2cc(F)ccc2F)cc1. The highest BCUT2D eigenvalue weighted by Crippen LogP contribution is 2.26. The molecular formula is C14H12F2N2S. The number of amidine groups is 1. The van der Waals surface area contributed by atoms with Crippen LogP contribution in [0.2, 0.25) is 0 Å². The van der Waals surface area contributed by atoms with E-state index in [4.69, 9.17) is 11.1 Å². The highest BCUT2D eigenvalue weighted by molar-refractivity contribution is 7.98. The van der Waals surface area contributed by atoms with Gasteiger partial charge in [-0.2, -0.15) is 0 Å². The van der Waals surface area contributed by atoms with Gasteiger partial charge in [0.1, 0.15) is 17.5 Å². The summed E-state index contributed by atoms with van der Waals surface area (Å²) in [6, 6.07) is 10.5. The molecule has 0 spiro atoms. The Labute approximate surface area is 114 Å². The van der Waals surface area contributed by atoms with Crippen LogP contribution in [0.15, 0.2) is 47.4 Å². The summed E-state index contributed by atoms with van der Waals surface area (Å²) in [4.78, 5) is 0.288. The minimum absolute atomic E-state index is 0.00961. The molecule has 2 aromatic rings. The van der Waals surface area contributed by atoms with E-state index in [2.05, 4.69) is 0 Å². The molecule has 0 aromatic heterocycles. The van der Waals surface area contributed by atoms with Gasteiger partial charge < -0.3 is 5.73 Å². The Morgan fingerprint density at radius 1 is 1.11 bits per heavy atom. The largest absolute Gasteiger partial charge is 0.384 e. The number of nitrogen functional groups attached to an aromatic ring is 1. The summed E-state index contributed by atoms with van der Waals surface area (Å²) >= 11 is 1.23. The summed E-state index contributed by atoms with van der Waals surface area (Å²) in [7, 11) is 0. The molecule has 0 amide bonds. The molecule has 0 saturated carbocycles. The van der Waals surface area contributed by atoms with Crippen LogP contribution in [0, 0.1) is 17.0 Å². The number of hydrogen-bond acceptors (Lipinski definition) is 2. The maximum atomic E-state index is 13.4. The number of thioether (sulfide) groups is 1. The molecule has 0 aliphatic rings. The molecule has 0 radical (unpaired) electrons. The van der Waals surface area contributed by atoms with Crippen LogP contribution in [0.3, 0.4) is 0 Å². The van der Waals surface area contributed by atoms with E-state index in [1.807, 2.05) is 12.1 Å². The van der Waals surface area contributed by atoms with Gasteiger partial charge in [0, 0.05) is 16.2 Å². The number of hydrogen-bond donors (Lipinski definition) is 2. The third kappa shape index (κ3) is 3.54. The van der Waals surface area contributed by atoms with Crippen molar-refractivity contribution < 1.29 is 8.78 Å². The fraction of sp³-hybridized carbons (Fsp3) is 0.0714. The van der Waals surface area contributed by atoms with Crippen LogP contribution in [0.5, 0.6) is 0 Å². The Hall–Kier alpha value is -1.88. The van der Waals surface area contributed by atoms with E-state index in [0.717, 1.165) is 17.7 Å². The first-order chi connectivity index (χ1) is 9.06. The maximum Gasteiger partial charge on any atom is 0.136 e. The lowest BCUT2D eigenvalue weighted by molar-refractivity contribution is 0.577. The smallest absolute Gasteiger partial charge is 0.136 e. The average molecular weight is 278 g/mol. The number of rotatable bonds is 4. The average Bonchev–Trinajstić information content (AvgIpc) is 2.40. The summed E-state index contributed by atoms with van der Waals surface area (Å²) in [6.07, 6.45) is 0. The second kappa shape index (κ2) is 5.84. The molecule has 19 heavy (non-hydrogen) atoms. The number of nitrogens with one attached hydrogen (secondary N) is 1. The molecule has 0 unspecified atom stereocenters. The molecule has 98 valence electrons. The van der Waals surface area contributed by atoms with E-state index in [1.54, 1.807) is 12.1 Å². The van der Waals surface area contributed by atoms with Crippen LogP contribution in [-0.4, -0.2) is 5.84 Å². The summed E-state index contributed by atoms with van der Waals surface area (Å²) < 4.78 is 26.4. The Morgan fingerprint density at radius 2 is 1.79 bits per heavy atom. The molecule has 3 N–H and O–H groups in total. The Bertz CT molecular complexity index is 597. The Morgan fingerprint density at radius 3 is 2.42 bits per heavy atom. The van der Waals surface area contributed by atoms with Gasteiger partial charge in [0.05, 0.1) is 0 Å². The summed E-state index contributed by atoms with van der Waals surface area (Å²) in [6.45, 7) is 0. The standard InChI is InChI=1S/C14H12F2N2S/c15-11-5-6-12(16)13(7-11)19-8-9-1-3-10(4-2-9)14(17)18/h1-7H,8H2,(H3,17,18). The van der Waals surface area contributed by atoms with Gasteiger partial charge in [-0.3, -0.25) is 5.41 Å². The van der Waals surface area contributed by atoms with Crippen molar-refractivity contribution in [2.24, 2.45) is 5.73 Å². The minimum atomic E-state index is -0.448. The van der Waals surface area contributed by atoms with Crippen LogP contribution in [0.1, 0.15) is 11.1 Å². The lowest BCUT2D eigenvalue weighted by Gasteiger charge is -2.05. The highest BCUT2D eigenvalue weighted by Gasteiger charge is 2.05. The van der Waals surface area contributed by atoms with Gasteiger partial charge in [0.2, 0.25) is 0 Å². The van der Waals surface area contributed by atoms with Crippen molar-refractivity contribution in [3.05, 3.63) is 65.2 Å². The minimum Gasteiger partial charge on any atom is -0.384 e. The van der Waals surface area contributed by atoms with Crippen molar-refractivity contribution in [3.8, 4) is 0 Å². The van der Waals surface area contributed by atoms with Crippen LogP contribution in [0.4, 0.5) is 8.78 Å². The first-order valence-electron chi connectivity index (χ1n) is 5.57. The predicted octanol–water partition coefficient (Wildman–Crippen LogP) is 3.54. The zero-order valence-electron chi connectivity index (χ0n) is 9.99. The van der Waals surface area contributed by atoms with Crippen molar-refractivity contribution >= 4 is 17.6 Å². The fourth-order valence-electron chi connectivity index (χ4n) is 1.53. The summed E-state index contributed by atoms with van der Waals surface area (Å²) in [5.41, 5.74) is 6.95. The molecule has 0 aliphatic carbocycles. The molecule has 2 nitrogen and oxygen atoms in total. The quantitative estimate of drug-likeness (QED) is 0.510. The zero-order chi connectivity index (χ0) is 13.8. The van der Waals surface area contributed by atoms with Gasteiger partial charge in [-0.25, -0.2) is 8.78 Å². The van der Waals surface area contributed by atoms with Gasteiger partial charge in [0.25, 0.3) is 0 Å². The van der Waals surface area contributed by atoms with Gasteiger partial charge >= 0.3 is 0 Å². The van der Waals surface area contributed by atoms with Crippen molar-refractivity contribution in [2.75, 3.05) is 0 Å². The normalized spacial score (nSPS) is 10.4. The van der Waals surface area contributed by atoms with Crippen LogP contribution in [-0.2, 0) is 5.75 Å². The molecule has 0 atom stereocenters. The van der Waals surface area contributed by atoms with Crippen molar-refractivity contribution in [2.45, 2.75) is 10.6 Å². The van der Waals surface area contributed by atoms with E-state index in [9.17, 15) is 8.78 Å². The molecule has 0 fully saturated rings. The second-order valence-corrected chi connectivity index (χ2v) is 4.99. The third-order valence-electron chi connectivity index (χ3n) is 2.55. The molecule has 2 aromatic carbocycles. The van der Waals surface area contributed by atoms with Gasteiger partial charge in [0.15, 0.2) is 0 Å². The summed E-state index contributed by atoms with van der Waals surface area (Å²) in [5.74, 6) is -0.337. The molecule has 0 bridgehead atoms. The van der Waals surface area contributed by atoms with Crippen LogP contribution >= 0.6 is 11.8 Å². The van der Waals surface area contributed by atoms with Gasteiger partial charge in [-0.1, -0.05) is 24.3 Å². The van der Waals surface area contributed by atoms with Crippen LogP contribution in [0.25, 0.3) is 0 Å². The first-order valence-corrected chi connectivity index (χ1v) is 6.56. The number of nitrogens with two attached hydrogens (primary N) is 1. The predicted molar refractivity (Wildman–Crippen MR) is 73.4 cm³/mol. The lowest BCUT2D eigenvalue weighted by Crippen LogP contribution is -2.10. The molecule has 5 heteroatoms. The van der Waals surface area contributed by atoms with E-state index >= 15 is 0 Å². The number of halogens is 2. The molecule has 2 rings (SSSR count). The van der Waals surface area contributed by atoms with Crippen LogP contribution < -0.4 is 5.73 Å². The maximum absolute atomic E-state index is 13.4. The van der Waals surface area contributed by atoms with Crippen molar-refractivity contribution in [1.82, 2.24) is 0 Å². The zero-order valence-corrected chi connectivity index (χ0v) is 10.8. The van der Waals surface area contributed by atoms with E-state index in [1.165, 1.54) is 17.8 Å².